The number of carbonyl (C=O) groups is 4. The van der Waals surface area contributed by atoms with Crippen LogP contribution >= 0.6 is 0 Å². The molecule has 0 bridgehead atoms. The van der Waals surface area contributed by atoms with Gasteiger partial charge in [0.25, 0.3) is 0 Å². The zero-order valence-corrected chi connectivity index (χ0v) is 34.9. The topological polar surface area (TPSA) is 166 Å². The zero-order chi connectivity index (χ0) is 41.4. The van der Waals surface area contributed by atoms with E-state index in [1.165, 1.54) is 0 Å². The number of Topliss-reactive ketones (excluding diaryl/α,β-unsaturated/α-hetero) is 1. The molecule has 312 valence electrons. The number of amides is 3. The molecule has 57 heavy (non-hydrogen) atoms. The SMILES string of the molecule is CCNC(CCCCNC(=O)OCCn1nnc2c1-c1ccccc1N(C(=O)CCC(=O)NCCC(C)(C)OCCC(C)(C)OC)Cc1ccccc1-2)C(=O)CC. The molecule has 14 nitrogen and oxygen atoms in total. The maximum Gasteiger partial charge on any atom is 0.407 e. The summed E-state index contributed by atoms with van der Waals surface area (Å²) in [5, 5.41) is 18.0. The molecule has 1 aliphatic rings. The first-order valence-electron chi connectivity index (χ1n) is 20.3. The number of carbonyl (C=O) groups excluding carboxylic acids is 4. The Kier molecular flexibility index (Phi) is 17.2. The number of para-hydroxylation sites is 1. The molecule has 0 fully saturated rings. The monoisotopic (exact) mass is 789 g/mol. The minimum Gasteiger partial charge on any atom is -0.448 e. The quantitative estimate of drug-likeness (QED) is 0.0941. The largest absolute Gasteiger partial charge is 0.448 e. The van der Waals surface area contributed by atoms with Crippen LogP contribution in [-0.2, 0) is 41.7 Å². The van der Waals surface area contributed by atoms with Crippen LogP contribution in [-0.4, -0.2) is 95.9 Å². The molecule has 3 amide bonds. The summed E-state index contributed by atoms with van der Waals surface area (Å²) in [5.74, 6) is -0.184. The molecule has 2 aromatic carbocycles. The lowest BCUT2D eigenvalue weighted by atomic mass is 9.95. The van der Waals surface area contributed by atoms with Crippen molar-refractivity contribution in [1.82, 2.24) is 30.9 Å². The van der Waals surface area contributed by atoms with Crippen LogP contribution in [0.2, 0.25) is 0 Å². The standard InChI is InChI=1S/C43H63N7O7/c1-8-36(51)34(44-9-2)19-14-15-25-46-41(54)56-29-27-50-40-33-18-12-13-20-35(33)49(30-31-16-10-11-17-32(31)39(40)47-48-50)38(53)22-21-37(52)45-26-23-43(5,6)57-28-24-42(3,4)55-7/h10-13,16-18,20,34,44H,8-9,14-15,19,21-30H2,1-7H3,(H,45,52)(H,46,54). The highest BCUT2D eigenvalue weighted by molar-refractivity contribution is 6.01. The van der Waals surface area contributed by atoms with Crippen molar-refractivity contribution in [2.24, 2.45) is 0 Å². The van der Waals surface area contributed by atoms with E-state index in [1.807, 2.05) is 90.1 Å². The van der Waals surface area contributed by atoms with Gasteiger partial charge in [0.2, 0.25) is 11.8 Å². The Morgan fingerprint density at radius 1 is 0.860 bits per heavy atom. The number of nitrogens with one attached hydrogen (secondary N) is 3. The highest BCUT2D eigenvalue weighted by Gasteiger charge is 2.30. The van der Waals surface area contributed by atoms with Crippen LogP contribution in [0.25, 0.3) is 22.5 Å². The second-order valence-corrected chi connectivity index (χ2v) is 15.6. The maximum absolute atomic E-state index is 14.0. The summed E-state index contributed by atoms with van der Waals surface area (Å²) in [5.41, 5.74) is 3.83. The van der Waals surface area contributed by atoms with Crippen molar-refractivity contribution in [3.8, 4) is 22.5 Å². The highest BCUT2D eigenvalue weighted by atomic mass is 16.5. The van der Waals surface area contributed by atoms with Crippen LogP contribution in [0.5, 0.6) is 0 Å². The van der Waals surface area contributed by atoms with Crippen molar-refractivity contribution in [3.05, 3.63) is 54.1 Å². The summed E-state index contributed by atoms with van der Waals surface area (Å²) in [7, 11) is 1.69. The number of unbranched alkanes of at least 4 members (excludes halogenated alkanes) is 1. The third-order valence-electron chi connectivity index (χ3n) is 10.4. The van der Waals surface area contributed by atoms with E-state index in [-0.39, 0.29) is 55.2 Å². The number of rotatable bonds is 23. The molecule has 0 spiro atoms. The number of ether oxygens (including phenoxy) is 3. The van der Waals surface area contributed by atoms with Crippen molar-refractivity contribution < 1.29 is 33.4 Å². The molecule has 0 saturated carbocycles. The van der Waals surface area contributed by atoms with Crippen molar-refractivity contribution in [1.29, 1.82) is 0 Å². The van der Waals surface area contributed by atoms with Crippen LogP contribution in [0.15, 0.2) is 48.5 Å². The molecular weight excluding hydrogens is 727 g/mol. The molecule has 1 atom stereocenters. The summed E-state index contributed by atoms with van der Waals surface area (Å²) in [6, 6.07) is 15.2. The molecule has 3 N–H and O–H groups in total. The molecule has 2 heterocycles. The van der Waals surface area contributed by atoms with Crippen molar-refractivity contribution in [2.45, 2.75) is 123 Å². The Hall–Kier alpha value is -4.66. The van der Waals surface area contributed by atoms with Crippen LogP contribution in [0.4, 0.5) is 10.5 Å². The Morgan fingerprint density at radius 2 is 1.60 bits per heavy atom. The summed E-state index contributed by atoms with van der Waals surface area (Å²) in [6.07, 6.45) is 3.66. The third kappa shape index (κ3) is 13.5. The van der Waals surface area contributed by atoms with Gasteiger partial charge in [0.05, 0.1) is 48.3 Å². The van der Waals surface area contributed by atoms with Crippen LogP contribution < -0.4 is 20.9 Å². The number of methoxy groups -OCH3 is 1. The van der Waals surface area contributed by atoms with Crippen molar-refractivity contribution >= 4 is 29.4 Å². The fourth-order valence-electron chi connectivity index (χ4n) is 6.70. The second-order valence-electron chi connectivity index (χ2n) is 15.6. The molecule has 3 aromatic rings. The van der Waals surface area contributed by atoms with Crippen LogP contribution in [0.3, 0.4) is 0 Å². The number of hydrogen-bond acceptors (Lipinski definition) is 10. The number of ketones is 1. The Balaban J connectivity index is 1.37. The highest BCUT2D eigenvalue weighted by Crippen LogP contribution is 2.41. The molecule has 4 rings (SSSR count). The van der Waals surface area contributed by atoms with Gasteiger partial charge in [-0.25, -0.2) is 9.48 Å². The summed E-state index contributed by atoms with van der Waals surface area (Å²) in [4.78, 5) is 53.4. The Bertz CT molecular complexity index is 1790. The summed E-state index contributed by atoms with van der Waals surface area (Å²) < 4.78 is 18.8. The maximum atomic E-state index is 14.0. The lowest BCUT2D eigenvalue weighted by Gasteiger charge is -2.29. The van der Waals surface area contributed by atoms with Crippen LogP contribution in [0.1, 0.15) is 98.5 Å². The van der Waals surface area contributed by atoms with E-state index in [4.69, 9.17) is 14.2 Å². The fourth-order valence-corrected chi connectivity index (χ4v) is 6.70. The fraction of sp³-hybridized carbons (Fsp3) is 0.581. The van der Waals surface area contributed by atoms with Gasteiger partial charge in [-0.2, -0.15) is 0 Å². The average Bonchev–Trinajstić information content (AvgIpc) is 3.60. The molecule has 0 radical (unpaired) electrons. The number of likely N-dealkylation sites (N-methyl/N-ethyl adjacent to an activating group) is 1. The van der Waals surface area contributed by atoms with Gasteiger partial charge in [0.1, 0.15) is 18.1 Å². The first kappa shape index (κ1) is 45.0. The van der Waals surface area contributed by atoms with E-state index in [1.54, 1.807) is 16.7 Å². The Labute approximate surface area is 337 Å². The van der Waals surface area contributed by atoms with E-state index >= 15 is 0 Å². The number of benzene rings is 2. The van der Waals surface area contributed by atoms with Gasteiger partial charge < -0.3 is 35.1 Å². The minimum atomic E-state index is -0.531. The van der Waals surface area contributed by atoms with E-state index in [2.05, 4.69) is 26.3 Å². The first-order valence-corrected chi connectivity index (χ1v) is 20.3. The van der Waals surface area contributed by atoms with Crippen molar-refractivity contribution in [3.63, 3.8) is 0 Å². The van der Waals surface area contributed by atoms with Gasteiger partial charge in [-0.15, -0.1) is 5.10 Å². The predicted octanol–water partition coefficient (Wildman–Crippen LogP) is 6.21. The Morgan fingerprint density at radius 3 is 2.33 bits per heavy atom. The van der Waals surface area contributed by atoms with E-state index < -0.39 is 11.7 Å². The summed E-state index contributed by atoms with van der Waals surface area (Å²) >= 11 is 0. The zero-order valence-electron chi connectivity index (χ0n) is 34.9. The predicted molar refractivity (Wildman–Crippen MR) is 221 cm³/mol. The van der Waals surface area contributed by atoms with Gasteiger partial charge in [0, 0.05) is 50.6 Å². The van der Waals surface area contributed by atoms with Gasteiger partial charge in [-0.3, -0.25) is 14.4 Å². The number of fused-ring (bicyclic) bond motifs is 5. The average molecular weight is 790 g/mol. The lowest BCUT2D eigenvalue weighted by molar-refractivity contribution is -0.125. The van der Waals surface area contributed by atoms with E-state index in [9.17, 15) is 19.2 Å². The first-order chi connectivity index (χ1) is 27.3. The molecular formula is C43H63N7O7. The van der Waals surface area contributed by atoms with Gasteiger partial charge in [-0.05, 0) is 78.0 Å². The smallest absolute Gasteiger partial charge is 0.407 e. The number of aromatic nitrogens is 3. The third-order valence-corrected chi connectivity index (χ3v) is 10.4. The normalized spacial score (nSPS) is 13.1. The van der Waals surface area contributed by atoms with Crippen LogP contribution in [0, 0.1) is 0 Å². The molecule has 1 aromatic heterocycles. The molecule has 0 saturated heterocycles. The number of anilines is 1. The molecule has 14 heteroatoms. The minimum absolute atomic E-state index is 0.0225. The van der Waals surface area contributed by atoms with Crippen molar-refractivity contribution in [2.75, 3.05) is 44.9 Å². The molecule has 1 aliphatic heterocycles. The van der Waals surface area contributed by atoms with E-state index in [0.717, 1.165) is 48.9 Å². The van der Waals surface area contributed by atoms with Gasteiger partial charge in [-0.1, -0.05) is 61.5 Å². The summed E-state index contributed by atoms with van der Waals surface area (Å²) in [6.45, 7) is 14.6. The number of hydrogen-bond donors (Lipinski definition) is 3. The molecule has 1 unspecified atom stereocenters. The lowest BCUT2D eigenvalue weighted by Crippen LogP contribution is -2.36. The number of nitrogens with zero attached hydrogens (tertiary/aromatic N) is 4. The van der Waals surface area contributed by atoms with Gasteiger partial charge >= 0.3 is 6.09 Å². The van der Waals surface area contributed by atoms with Gasteiger partial charge in [0.15, 0.2) is 0 Å². The molecule has 0 aliphatic carbocycles. The van der Waals surface area contributed by atoms with E-state index in [0.29, 0.717) is 56.2 Å². The second kappa shape index (κ2) is 21.8. The number of alkyl carbamates (subject to hydrolysis) is 1.